The molecule has 0 saturated carbocycles. The minimum Gasteiger partial charge on any atom is -0.497 e. The minimum atomic E-state index is -0.697. The highest BCUT2D eigenvalue weighted by Crippen LogP contribution is 2.22. The molecule has 0 saturated heterocycles. The molecule has 0 unspecified atom stereocenters. The van der Waals surface area contributed by atoms with Crippen molar-refractivity contribution in [2.75, 3.05) is 7.11 Å². The molecule has 26 heavy (non-hydrogen) atoms. The zero-order valence-corrected chi connectivity index (χ0v) is 15.4. The predicted octanol–water partition coefficient (Wildman–Crippen LogP) is 3.13. The Bertz CT molecular complexity index is 1040. The number of aromatic nitrogens is 3. The third kappa shape index (κ3) is 3.31. The number of benzene rings is 2. The first-order chi connectivity index (χ1) is 12.4. The maximum Gasteiger partial charge on any atom is 0.438 e. The molecule has 3 aromatic rings. The van der Waals surface area contributed by atoms with Crippen molar-refractivity contribution < 1.29 is 14.9 Å². The quantitative estimate of drug-likeness (QED) is 0.397. The number of nitro groups is 1. The van der Waals surface area contributed by atoms with E-state index < -0.39 is 10.7 Å². The molecule has 0 aliphatic carbocycles. The summed E-state index contributed by atoms with van der Waals surface area (Å²) in [5, 5.41) is 25.6. The van der Waals surface area contributed by atoms with Gasteiger partial charge in [-0.3, -0.25) is 0 Å². The Kier molecular flexibility index (Phi) is 4.76. The third-order valence-electron chi connectivity index (χ3n) is 3.61. The van der Waals surface area contributed by atoms with E-state index in [0.717, 1.165) is 14.8 Å². The van der Waals surface area contributed by atoms with Crippen LogP contribution >= 0.6 is 15.9 Å². The Morgan fingerprint density at radius 3 is 2.54 bits per heavy atom. The number of aryl methyl sites for hydroxylation is 1. The Balaban J connectivity index is 2.18. The molecule has 0 spiro atoms. The Hall–Kier alpha value is -3.14. The molecule has 1 aromatic heterocycles. The van der Waals surface area contributed by atoms with Gasteiger partial charge in [0.25, 0.3) is 5.49 Å². The fraction of sp³-hybridized carbons (Fsp3) is 0.125. The molecule has 0 fully saturated rings. The highest BCUT2D eigenvalue weighted by molar-refractivity contribution is 9.10. The van der Waals surface area contributed by atoms with E-state index in [1.807, 2.05) is 6.92 Å². The van der Waals surface area contributed by atoms with Crippen molar-refractivity contribution in [3.63, 3.8) is 0 Å². The zero-order chi connectivity index (χ0) is 18.8. The van der Waals surface area contributed by atoms with Crippen molar-refractivity contribution in [2.24, 2.45) is 4.99 Å². The van der Waals surface area contributed by atoms with Crippen LogP contribution in [0, 0.1) is 17.0 Å². The van der Waals surface area contributed by atoms with Gasteiger partial charge in [0.15, 0.2) is 0 Å². The molecule has 0 aliphatic rings. The lowest BCUT2D eigenvalue weighted by atomic mass is 10.2. The predicted molar refractivity (Wildman–Crippen MR) is 96.0 cm³/mol. The Morgan fingerprint density at radius 1 is 1.27 bits per heavy atom. The van der Waals surface area contributed by atoms with Crippen molar-refractivity contribution in [1.29, 1.82) is 0 Å². The van der Waals surface area contributed by atoms with E-state index in [9.17, 15) is 15.3 Å². The summed E-state index contributed by atoms with van der Waals surface area (Å²) >= 11 is 3.38. The number of ether oxygens (including phenoxy) is 1. The van der Waals surface area contributed by atoms with Gasteiger partial charge in [-0.15, -0.1) is 0 Å². The lowest BCUT2D eigenvalue weighted by Gasteiger charge is -2.02. The largest absolute Gasteiger partial charge is 0.497 e. The van der Waals surface area contributed by atoms with E-state index in [1.54, 1.807) is 42.5 Å². The molecule has 0 aliphatic heterocycles. The van der Waals surface area contributed by atoms with Crippen molar-refractivity contribution in [3.05, 3.63) is 68.1 Å². The topological polar surface area (TPSA) is 108 Å². The van der Waals surface area contributed by atoms with Crippen molar-refractivity contribution in [1.82, 2.24) is 14.7 Å². The fourth-order valence-electron chi connectivity index (χ4n) is 2.27. The summed E-state index contributed by atoms with van der Waals surface area (Å²) in [7, 11) is 1.52. The Labute approximate surface area is 156 Å². The molecule has 0 amide bonds. The van der Waals surface area contributed by atoms with E-state index in [-0.39, 0.29) is 5.49 Å². The summed E-state index contributed by atoms with van der Waals surface area (Å²) in [5.41, 5.74) is 1.48. The second kappa shape index (κ2) is 7.00. The van der Waals surface area contributed by atoms with Gasteiger partial charge < -0.3 is 20.1 Å². The van der Waals surface area contributed by atoms with Crippen molar-refractivity contribution in [3.8, 4) is 11.4 Å². The monoisotopic (exact) mass is 419 g/mol. The third-order valence-corrected chi connectivity index (χ3v) is 4.50. The molecule has 0 bridgehead atoms. The maximum atomic E-state index is 11.3. The van der Waals surface area contributed by atoms with E-state index in [4.69, 9.17) is 4.74 Å². The summed E-state index contributed by atoms with van der Waals surface area (Å²) in [6.45, 7) is 1.87. The van der Waals surface area contributed by atoms with Gasteiger partial charge in [0.2, 0.25) is 0 Å². The standard InChI is InChI=1S/C16H14BrN5O4/c1-10-9-11(3-8-14(10)17)18-15-16(22(24)25)19-20(21(15)23)12-4-6-13(26-2)7-5-12/h3-9,23H,1-2H3. The van der Waals surface area contributed by atoms with Crippen LogP contribution in [-0.4, -0.2) is 32.0 Å². The van der Waals surface area contributed by atoms with Crippen LogP contribution in [0.1, 0.15) is 5.56 Å². The molecule has 9 nitrogen and oxygen atoms in total. The lowest BCUT2D eigenvalue weighted by molar-refractivity contribution is -0.391. The van der Waals surface area contributed by atoms with Crippen LogP contribution in [0.2, 0.25) is 0 Å². The summed E-state index contributed by atoms with van der Waals surface area (Å²) < 4.78 is 5.96. The number of rotatable bonds is 4. The lowest BCUT2D eigenvalue weighted by Crippen LogP contribution is -2.22. The van der Waals surface area contributed by atoms with Crippen LogP contribution in [0.4, 0.5) is 11.5 Å². The van der Waals surface area contributed by atoms with Gasteiger partial charge in [0.05, 0.1) is 17.9 Å². The number of hydrogen-bond acceptors (Lipinski definition) is 6. The smallest absolute Gasteiger partial charge is 0.438 e. The van der Waals surface area contributed by atoms with Crippen LogP contribution in [0.15, 0.2) is 51.9 Å². The first kappa shape index (κ1) is 17.7. The molecule has 134 valence electrons. The summed E-state index contributed by atoms with van der Waals surface area (Å²) in [5.74, 6) is 0.0408. The van der Waals surface area contributed by atoms with Gasteiger partial charge in [-0.05, 0) is 64.7 Å². The van der Waals surface area contributed by atoms with Gasteiger partial charge in [-0.25, -0.2) is 4.99 Å². The maximum absolute atomic E-state index is 11.3. The molecule has 2 aromatic carbocycles. The van der Waals surface area contributed by atoms with Crippen molar-refractivity contribution in [2.45, 2.75) is 6.92 Å². The van der Waals surface area contributed by atoms with Crippen LogP contribution in [0.25, 0.3) is 5.69 Å². The zero-order valence-electron chi connectivity index (χ0n) is 13.8. The van der Waals surface area contributed by atoms with Gasteiger partial charge in [0, 0.05) is 4.47 Å². The normalized spacial score (nSPS) is 11.6. The van der Waals surface area contributed by atoms with E-state index >= 15 is 0 Å². The first-order valence-corrected chi connectivity index (χ1v) is 8.21. The molecule has 3 rings (SSSR count). The summed E-state index contributed by atoms with van der Waals surface area (Å²) in [6.07, 6.45) is 0. The molecular formula is C16H14BrN5O4. The van der Waals surface area contributed by atoms with Gasteiger partial charge >= 0.3 is 5.82 Å². The molecule has 0 radical (unpaired) electrons. The van der Waals surface area contributed by atoms with E-state index in [2.05, 4.69) is 26.0 Å². The van der Waals surface area contributed by atoms with E-state index in [0.29, 0.717) is 22.0 Å². The second-order valence-electron chi connectivity index (χ2n) is 5.33. The SMILES string of the molecule is COc1ccc(-n2nc([N+](=O)[O-])c(=Nc3ccc(Br)c(C)c3)n2O)cc1. The van der Waals surface area contributed by atoms with Gasteiger partial charge in [-0.2, -0.15) is 0 Å². The molecule has 1 N–H and O–H groups in total. The van der Waals surface area contributed by atoms with E-state index in [1.165, 1.54) is 7.11 Å². The van der Waals surface area contributed by atoms with Crippen LogP contribution < -0.4 is 10.2 Å². The number of halogens is 1. The van der Waals surface area contributed by atoms with Crippen LogP contribution in [-0.2, 0) is 0 Å². The number of hydrogen-bond donors (Lipinski definition) is 1. The second-order valence-corrected chi connectivity index (χ2v) is 6.18. The van der Waals surface area contributed by atoms with Gasteiger partial charge in [0.1, 0.15) is 11.4 Å². The van der Waals surface area contributed by atoms with Gasteiger partial charge in [-0.1, -0.05) is 20.8 Å². The number of methoxy groups -OCH3 is 1. The molecular weight excluding hydrogens is 406 g/mol. The van der Waals surface area contributed by atoms with Crippen LogP contribution in [0.3, 0.4) is 0 Å². The first-order valence-electron chi connectivity index (χ1n) is 7.42. The molecule has 10 heteroatoms. The van der Waals surface area contributed by atoms with Crippen molar-refractivity contribution >= 4 is 27.4 Å². The minimum absolute atomic E-state index is 0.285. The fourth-order valence-corrected chi connectivity index (χ4v) is 2.52. The average molecular weight is 420 g/mol. The highest BCUT2D eigenvalue weighted by atomic mass is 79.9. The van der Waals surface area contributed by atoms with Crippen LogP contribution in [0.5, 0.6) is 5.75 Å². The summed E-state index contributed by atoms with van der Waals surface area (Å²) in [6, 6.07) is 11.7. The average Bonchev–Trinajstić information content (AvgIpc) is 2.95. The summed E-state index contributed by atoms with van der Waals surface area (Å²) in [4.78, 5) is 16.4. The highest BCUT2D eigenvalue weighted by Gasteiger charge is 2.24. The Morgan fingerprint density at radius 2 is 1.96 bits per heavy atom. The molecule has 0 atom stereocenters. The molecule has 1 heterocycles. The number of nitrogens with zero attached hydrogens (tertiary/aromatic N) is 5.